The first-order valence-electron chi connectivity index (χ1n) is 6.02. The third-order valence-corrected chi connectivity index (χ3v) is 3.23. The average Bonchev–Trinajstić information content (AvgIpc) is 3.02. The molecule has 0 aliphatic heterocycles. The van der Waals surface area contributed by atoms with Gasteiger partial charge in [-0.15, -0.1) is 0 Å². The lowest BCUT2D eigenvalue weighted by atomic mass is 10.1. The zero-order valence-electron chi connectivity index (χ0n) is 10.1. The quantitative estimate of drug-likeness (QED) is 0.507. The number of aromatic nitrogens is 2. The summed E-state index contributed by atoms with van der Waals surface area (Å²) in [6, 6.07) is 13.6. The van der Waals surface area contributed by atoms with Crippen LogP contribution < -0.4 is 5.73 Å². The molecule has 0 radical (unpaired) electrons. The van der Waals surface area contributed by atoms with Gasteiger partial charge < -0.3 is 15.1 Å². The van der Waals surface area contributed by atoms with Crippen LogP contribution >= 0.6 is 0 Å². The summed E-state index contributed by atoms with van der Waals surface area (Å²) >= 11 is 0. The molecule has 0 amide bonds. The number of nitrogens with zero attached hydrogens (tertiary/aromatic N) is 1. The van der Waals surface area contributed by atoms with Gasteiger partial charge >= 0.3 is 0 Å². The lowest BCUT2D eigenvalue weighted by Crippen LogP contribution is -1.82. The molecular formula is C15H11N3O. The molecule has 4 rings (SSSR count). The summed E-state index contributed by atoms with van der Waals surface area (Å²) < 4.78 is 5.34. The molecule has 0 fully saturated rings. The minimum Gasteiger partial charge on any atom is -0.464 e. The number of furan rings is 1. The average molecular weight is 249 g/mol. The molecule has 0 aliphatic carbocycles. The summed E-state index contributed by atoms with van der Waals surface area (Å²) in [5, 5.41) is 1.07. The molecule has 0 unspecified atom stereocenters. The van der Waals surface area contributed by atoms with E-state index in [1.165, 1.54) is 0 Å². The van der Waals surface area contributed by atoms with E-state index in [0.717, 1.165) is 39.1 Å². The number of nitrogens with two attached hydrogens (primary N) is 1. The molecule has 4 nitrogen and oxygen atoms in total. The predicted molar refractivity (Wildman–Crippen MR) is 75.7 cm³/mol. The SMILES string of the molecule is Nc1ccc2nc(-c3ccc4occc4c3)[nH]c2c1. The van der Waals surface area contributed by atoms with E-state index in [0.29, 0.717) is 0 Å². The summed E-state index contributed by atoms with van der Waals surface area (Å²) in [6.45, 7) is 0. The normalized spacial score (nSPS) is 11.4. The van der Waals surface area contributed by atoms with Crippen LogP contribution in [-0.2, 0) is 0 Å². The molecule has 0 atom stereocenters. The van der Waals surface area contributed by atoms with Crippen molar-refractivity contribution < 1.29 is 4.42 Å². The summed E-state index contributed by atoms with van der Waals surface area (Å²) in [6.07, 6.45) is 1.69. The zero-order chi connectivity index (χ0) is 12.8. The van der Waals surface area contributed by atoms with Crippen molar-refractivity contribution in [3.63, 3.8) is 0 Å². The number of fused-ring (bicyclic) bond motifs is 2. The Morgan fingerprint density at radius 2 is 2.00 bits per heavy atom. The van der Waals surface area contributed by atoms with E-state index in [9.17, 15) is 0 Å². The molecule has 2 aromatic carbocycles. The van der Waals surface area contributed by atoms with E-state index in [1.54, 1.807) is 6.26 Å². The van der Waals surface area contributed by atoms with Crippen molar-refractivity contribution in [1.29, 1.82) is 0 Å². The topological polar surface area (TPSA) is 67.8 Å². The van der Waals surface area contributed by atoms with Gasteiger partial charge in [0.05, 0.1) is 17.3 Å². The van der Waals surface area contributed by atoms with Crippen LogP contribution in [0.4, 0.5) is 5.69 Å². The first kappa shape index (κ1) is 10.2. The Kier molecular flexibility index (Phi) is 1.94. The second-order valence-corrected chi connectivity index (χ2v) is 4.54. The fraction of sp³-hybridized carbons (Fsp3) is 0. The maximum atomic E-state index is 5.77. The zero-order valence-corrected chi connectivity index (χ0v) is 10.1. The number of nitrogen functional groups attached to an aromatic ring is 1. The van der Waals surface area contributed by atoms with Crippen LogP contribution in [0, 0.1) is 0 Å². The van der Waals surface area contributed by atoms with Gasteiger partial charge in [0.1, 0.15) is 11.4 Å². The van der Waals surface area contributed by atoms with Crippen LogP contribution in [0.25, 0.3) is 33.4 Å². The number of H-pyrrole nitrogens is 1. The summed E-state index contributed by atoms with van der Waals surface area (Å²) in [5.41, 5.74) is 10.3. The third-order valence-electron chi connectivity index (χ3n) is 3.23. The van der Waals surface area contributed by atoms with Crippen LogP contribution in [0.15, 0.2) is 53.1 Å². The number of imidazole rings is 1. The molecule has 0 saturated carbocycles. The molecule has 92 valence electrons. The second kappa shape index (κ2) is 3.62. The number of nitrogens with one attached hydrogen (secondary N) is 1. The second-order valence-electron chi connectivity index (χ2n) is 4.54. The van der Waals surface area contributed by atoms with E-state index >= 15 is 0 Å². The first-order chi connectivity index (χ1) is 9.29. The molecule has 0 saturated heterocycles. The highest BCUT2D eigenvalue weighted by atomic mass is 16.3. The molecule has 2 aromatic heterocycles. The highest BCUT2D eigenvalue weighted by molar-refractivity contribution is 5.86. The summed E-state index contributed by atoms with van der Waals surface area (Å²) in [4.78, 5) is 7.86. The van der Waals surface area contributed by atoms with Gasteiger partial charge in [0.25, 0.3) is 0 Å². The lowest BCUT2D eigenvalue weighted by Gasteiger charge is -1.96. The van der Waals surface area contributed by atoms with Crippen molar-refractivity contribution >= 4 is 27.7 Å². The minimum absolute atomic E-state index is 0.730. The van der Waals surface area contributed by atoms with Crippen LogP contribution in [0.5, 0.6) is 0 Å². The minimum atomic E-state index is 0.730. The van der Waals surface area contributed by atoms with E-state index in [4.69, 9.17) is 10.2 Å². The maximum Gasteiger partial charge on any atom is 0.138 e. The Balaban J connectivity index is 1.92. The molecule has 3 N–H and O–H groups in total. The van der Waals surface area contributed by atoms with Crippen LogP contribution in [-0.4, -0.2) is 9.97 Å². The van der Waals surface area contributed by atoms with Gasteiger partial charge in [-0.05, 0) is 42.5 Å². The maximum absolute atomic E-state index is 5.77. The van der Waals surface area contributed by atoms with Crippen molar-refractivity contribution in [2.75, 3.05) is 5.73 Å². The number of anilines is 1. The van der Waals surface area contributed by atoms with Gasteiger partial charge in [0.15, 0.2) is 0 Å². The number of rotatable bonds is 1. The molecule has 4 aromatic rings. The van der Waals surface area contributed by atoms with Crippen molar-refractivity contribution in [2.24, 2.45) is 0 Å². The monoisotopic (exact) mass is 249 g/mol. The fourth-order valence-electron chi connectivity index (χ4n) is 2.28. The number of hydrogen-bond donors (Lipinski definition) is 2. The van der Waals surface area contributed by atoms with E-state index in [-0.39, 0.29) is 0 Å². The van der Waals surface area contributed by atoms with Crippen LogP contribution in [0.1, 0.15) is 0 Å². The predicted octanol–water partition coefficient (Wildman–Crippen LogP) is 3.56. The van der Waals surface area contributed by atoms with E-state index < -0.39 is 0 Å². The Morgan fingerprint density at radius 3 is 2.95 bits per heavy atom. The van der Waals surface area contributed by atoms with Gasteiger partial charge in [-0.3, -0.25) is 0 Å². The first-order valence-corrected chi connectivity index (χ1v) is 6.02. The smallest absolute Gasteiger partial charge is 0.138 e. The van der Waals surface area contributed by atoms with E-state index in [2.05, 4.69) is 16.0 Å². The Morgan fingerprint density at radius 1 is 1.05 bits per heavy atom. The van der Waals surface area contributed by atoms with Crippen molar-refractivity contribution in [3.05, 3.63) is 48.7 Å². The van der Waals surface area contributed by atoms with Crippen LogP contribution in [0.2, 0.25) is 0 Å². The molecule has 0 bridgehead atoms. The Labute approximate surface area is 108 Å². The molecule has 19 heavy (non-hydrogen) atoms. The van der Waals surface area contributed by atoms with Crippen LogP contribution in [0.3, 0.4) is 0 Å². The molecule has 2 heterocycles. The number of aromatic amines is 1. The standard InChI is InChI=1S/C15H11N3O/c16-11-2-3-12-13(8-11)18-15(17-12)10-1-4-14-9(7-10)5-6-19-14/h1-8H,16H2,(H,17,18). The van der Waals surface area contributed by atoms with Gasteiger partial charge in [0, 0.05) is 16.6 Å². The fourth-order valence-corrected chi connectivity index (χ4v) is 2.28. The van der Waals surface area contributed by atoms with Gasteiger partial charge in [-0.1, -0.05) is 0 Å². The molecular weight excluding hydrogens is 238 g/mol. The van der Waals surface area contributed by atoms with E-state index in [1.807, 2.05) is 36.4 Å². The summed E-state index contributed by atoms with van der Waals surface area (Å²) in [7, 11) is 0. The van der Waals surface area contributed by atoms with Gasteiger partial charge in [-0.2, -0.15) is 0 Å². The largest absolute Gasteiger partial charge is 0.464 e. The van der Waals surface area contributed by atoms with Crippen molar-refractivity contribution in [1.82, 2.24) is 9.97 Å². The number of hydrogen-bond acceptors (Lipinski definition) is 3. The van der Waals surface area contributed by atoms with Crippen molar-refractivity contribution in [3.8, 4) is 11.4 Å². The molecule has 4 heteroatoms. The Hall–Kier alpha value is -2.75. The molecule has 0 aliphatic rings. The Bertz CT molecular complexity index is 889. The summed E-state index contributed by atoms with van der Waals surface area (Å²) in [5.74, 6) is 0.837. The molecule has 0 spiro atoms. The number of benzene rings is 2. The third kappa shape index (κ3) is 1.57. The highest BCUT2D eigenvalue weighted by Crippen LogP contribution is 2.25. The highest BCUT2D eigenvalue weighted by Gasteiger charge is 2.07. The van der Waals surface area contributed by atoms with Gasteiger partial charge in [-0.25, -0.2) is 4.98 Å². The lowest BCUT2D eigenvalue weighted by molar-refractivity contribution is 0.616. The van der Waals surface area contributed by atoms with Gasteiger partial charge in [0.2, 0.25) is 0 Å². The van der Waals surface area contributed by atoms with Crippen molar-refractivity contribution in [2.45, 2.75) is 0 Å².